The molecule has 1 aliphatic carbocycles. The summed E-state index contributed by atoms with van der Waals surface area (Å²) in [6.07, 6.45) is 8.95. The topological polar surface area (TPSA) is 166 Å². The normalized spacial score (nSPS) is 19.2. The number of hydrogen-bond donors (Lipinski definition) is 3. The standard InChI is InChI=1S/C28H32F2N12O2/c1-16-10-22(40-39-16)36-25-20-12-34-41(9-8-29)26(20)38-24(37-25)18-4-6-28(44-3,7-5-18)27(43)35-17(2)21-13-32-23(14-31-21)42-15-19(30)11-33-42/h10-15,17-18H,4-9H2,1-3H3,(H,35,43)(H2,36,37,38,39,40)/t17-,18?,28?/m0/s1. The van der Waals surface area contributed by atoms with E-state index in [1.807, 2.05) is 19.9 Å². The largest absolute Gasteiger partial charge is 0.368 e. The molecule has 5 heterocycles. The minimum Gasteiger partial charge on any atom is -0.368 e. The smallest absolute Gasteiger partial charge is 0.252 e. The molecule has 1 saturated carbocycles. The number of ether oxygens (including phenoxy) is 1. The monoisotopic (exact) mass is 606 g/mol. The summed E-state index contributed by atoms with van der Waals surface area (Å²) in [5.41, 5.74) is 0.908. The number of nitrogens with one attached hydrogen (secondary N) is 3. The Morgan fingerprint density at radius 3 is 2.64 bits per heavy atom. The molecule has 0 aromatic carbocycles. The van der Waals surface area contributed by atoms with Crippen molar-refractivity contribution in [3.63, 3.8) is 0 Å². The number of rotatable bonds is 10. The summed E-state index contributed by atoms with van der Waals surface area (Å²) < 4.78 is 35.2. The van der Waals surface area contributed by atoms with E-state index in [9.17, 15) is 13.6 Å². The number of aromatic nitrogens is 10. The number of amides is 1. The van der Waals surface area contributed by atoms with Crippen molar-refractivity contribution in [3.05, 3.63) is 60.1 Å². The molecule has 3 N–H and O–H groups in total. The van der Waals surface area contributed by atoms with E-state index in [1.165, 1.54) is 35.1 Å². The molecule has 6 rings (SSSR count). The van der Waals surface area contributed by atoms with Crippen molar-refractivity contribution in [1.82, 2.24) is 55.0 Å². The van der Waals surface area contributed by atoms with Crippen LogP contribution in [0.15, 0.2) is 37.1 Å². The Kier molecular flexibility index (Phi) is 7.99. The van der Waals surface area contributed by atoms with Gasteiger partial charge in [-0.05, 0) is 39.5 Å². The van der Waals surface area contributed by atoms with Crippen LogP contribution in [0.25, 0.3) is 16.9 Å². The first-order chi connectivity index (χ1) is 21.3. The van der Waals surface area contributed by atoms with Gasteiger partial charge in [-0.25, -0.2) is 33.1 Å². The molecule has 0 radical (unpaired) electrons. The number of alkyl halides is 1. The first-order valence-corrected chi connectivity index (χ1v) is 14.3. The minimum absolute atomic E-state index is 0.0614. The summed E-state index contributed by atoms with van der Waals surface area (Å²) in [5.74, 6) is 1.27. The van der Waals surface area contributed by atoms with E-state index >= 15 is 0 Å². The highest BCUT2D eigenvalue weighted by molar-refractivity contribution is 5.88. The lowest BCUT2D eigenvalue weighted by Crippen LogP contribution is -2.51. The molecule has 0 aliphatic heterocycles. The highest BCUT2D eigenvalue weighted by Crippen LogP contribution is 2.40. The summed E-state index contributed by atoms with van der Waals surface area (Å²) >= 11 is 0. The zero-order chi connectivity index (χ0) is 30.8. The van der Waals surface area contributed by atoms with Crippen molar-refractivity contribution in [2.75, 3.05) is 19.1 Å². The third kappa shape index (κ3) is 5.71. The van der Waals surface area contributed by atoms with Gasteiger partial charge in [-0.3, -0.25) is 14.9 Å². The predicted octanol–water partition coefficient (Wildman–Crippen LogP) is 3.61. The lowest BCUT2D eigenvalue weighted by atomic mass is 9.77. The number of carbonyl (C=O) groups excluding carboxylic acids is 1. The molecule has 14 nitrogen and oxygen atoms in total. The van der Waals surface area contributed by atoms with Gasteiger partial charge >= 0.3 is 0 Å². The fourth-order valence-electron chi connectivity index (χ4n) is 5.46. The molecule has 0 unspecified atom stereocenters. The van der Waals surface area contributed by atoms with Crippen molar-refractivity contribution in [3.8, 4) is 5.82 Å². The van der Waals surface area contributed by atoms with E-state index in [1.54, 1.807) is 6.20 Å². The van der Waals surface area contributed by atoms with Gasteiger partial charge in [0.2, 0.25) is 0 Å². The fraction of sp³-hybridized carbons (Fsp3) is 0.429. The van der Waals surface area contributed by atoms with Crippen molar-refractivity contribution < 1.29 is 18.3 Å². The van der Waals surface area contributed by atoms with Gasteiger partial charge in [-0.1, -0.05) is 0 Å². The number of aryl methyl sites for hydroxylation is 2. The van der Waals surface area contributed by atoms with Gasteiger partial charge in [0.1, 0.15) is 23.9 Å². The number of H-pyrrole nitrogens is 1. The average Bonchev–Trinajstić information content (AvgIpc) is 3.77. The maximum absolute atomic E-state index is 13.5. The first kappa shape index (κ1) is 29.2. The van der Waals surface area contributed by atoms with Gasteiger partial charge in [0, 0.05) is 24.8 Å². The Balaban J connectivity index is 1.17. The Morgan fingerprint density at radius 2 is 2.00 bits per heavy atom. The van der Waals surface area contributed by atoms with E-state index in [0.29, 0.717) is 65.7 Å². The van der Waals surface area contributed by atoms with E-state index in [4.69, 9.17) is 14.7 Å². The number of carbonyl (C=O) groups is 1. The van der Waals surface area contributed by atoms with E-state index in [2.05, 4.69) is 41.0 Å². The zero-order valence-corrected chi connectivity index (χ0v) is 24.5. The predicted molar refractivity (Wildman–Crippen MR) is 155 cm³/mol. The van der Waals surface area contributed by atoms with Gasteiger partial charge in [-0.15, -0.1) is 0 Å². The molecule has 1 atom stereocenters. The molecule has 16 heteroatoms. The van der Waals surface area contributed by atoms with Crippen LogP contribution < -0.4 is 10.6 Å². The first-order valence-electron chi connectivity index (χ1n) is 14.3. The van der Waals surface area contributed by atoms with Crippen LogP contribution >= 0.6 is 0 Å². The molecule has 5 aromatic heterocycles. The van der Waals surface area contributed by atoms with Crippen molar-refractivity contribution >= 4 is 28.6 Å². The zero-order valence-electron chi connectivity index (χ0n) is 24.5. The molecule has 1 fully saturated rings. The van der Waals surface area contributed by atoms with Crippen LogP contribution in [0.4, 0.5) is 20.4 Å². The number of halogens is 2. The van der Waals surface area contributed by atoms with E-state index in [-0.39, 0.29) is 18.4 Å². The number of aromatic amines is 1. The van der Waals surface area contributed by atoms with Crippen molar-refractivity contribution in [2.45, 2.75) is 63.6 Å². The molecular formula is C28H32F2N12O2. The van der Waals surface area contributed by atoms with Crippen LogP contribution in [-0.4, -0.2) is 75.0 Å². The van der Waals surface area contributed by atoms with E-state index < -0.39 is 24.1 Å². The Bertz CT molecular complexity index is 1760. The van der Waals surface area contributed by atoms with Crippen LogP contribution in [0.5, 0.6) is 0 Å². The Labute approximate surface area is 250 Å². The third-order valence-electron chi connectivity index (χ3n) is 7.96. The molecule has 5 aromatic rings. The fourth-order valence-corrected chi connectivity index (χ4v) is 5.46. The quantitative estimate of drug-likeness (QED) is 0.214. The number of methoxy groups -OCH3 is 1. The Hall–Kier alpha value is -4.86. The molecule has 0 bridgehead atoms. The number of fused-ring (bicyclic) bond motifs is 1. The van der Waals surface area contributed by atoms with Crippen LogP contribution in [-0.2, 0) is 16.1 Å². The third-order valence-corrected chi connectivity index (χ3v) is 7.96. The average molecular weight is 607 g/mol. The molecular weight excluding hydrogens is 574 g/mol. The van der Waals surface area contributed by atoms with Gasteiger partial charge in [0.15, 0.2) is 23.1 Å². The summed E-state index contributed by atoms with van der Waals surface area (Å²) in [4.78, 5) is 31.8. The lowest BCUT2D eigenvalue weighted by molar-refractivity contribution is -0.148. The number of nitrogens with zero attached hydrogens (tertiary/aromatic N) is 9. The van der Waals surface area contributed by atoms with Gasteiger partial charge < -0.3 is 15.4 Å². The second kappa shape index (κ2) is 12.0. The molecule has 1 aliphatic rings. The number of anilines is 2. The highest BCUT2D eigenvalue weighted by Gasteiger charge is 2.43. The van der Waals surface area contributed by atoms with Gasteiger partial charge in [0.05, 0.1) is 54.7 Å². The van der Waals surface area contributed by atoms with E-state index in [0.717, 1.165) is 11.9 Å². The summed E-state index contributed by atoms with van der Waals surface area (Å²) in [5, 5.41) is 22.3. The van der Waals surface area contributed by atoms with Crippen LogP contribution in [0.3, 0.4) is 0 Å². The van der Waals surface area contributed by atoms with Crippen molar-refractivity contribution in [2.24, 2.45) is 0 Å². The maximum Gasteiger partial charge on any atom is 0.252 e. The molecule has 1 amide bonds. The SMILES string of the molecule is COC1(C(=O)N[C@@H](C)c2cnc(-n3cc(F)cn3)cn2)CCC(c2nc(Nc3cc(C)[nH]n3)c3cnn(CCF)c3n2)CC1. The van der Waals surface area contributed by atoms with Gasteiger partial charge in [-0.2, -0.15) is 15.3 Å². The summed E-state index contributed by atoms with van der Waals surface area (Å²) in [6.45, 7) is 3.20. The lowest BCUT2D eigenvalue weighted by Gasteiger charge is -2.38. The molecule has 44 heavy (non-hydrogen) atoms. The van der Waals surface area contributed by atoms with Crippen LogP contribution in [0, 0.1) is 12.7 Å². The van der Waals surface area contributed by atoms with Gasteiger partial charge in [0.25, 0.3) is 5.91 Å². The second-order valence-electron chi connectivity index (χ2n) is 10.9. The molecule has 230 valence electrons. The van der Waals surface area contributed by atoms with Crippen molar-refractivity contribution in [1.29, 1.82) is 0 Å². The maximum atomic E-state index is 13.5. The summed E-state index contributed by atoms with van der Waals surface area (Å²) in [6, 6.07) is 1.40. The van der Waals surface area contributed by atoms with Crippen LogP contribution in [0.1, 0.15) is 61.8 Å². The Morgan fingerprint density at radius 1 is 1.18 bits per heavy atom. The van der Waals surface area contributed by atoms with Crippen LogP contribution in [0.2, 0.25) is 0 Å². The minimum atomic E-state index is -1.04. The molecule has 0 saturated heterocycles. The highest BCUT2D eigenvalue weighted by atomic mass is 19.1. The summed E-state index contributed by atoms with van der Waals surface area (Å²) in [7, 11) is 1.54. The number of hydrogen-bond acceptors (Lipinski definition) is 10. The molecule has 0 spiro atoms. The second-order valence-corrected chi connectivity index (χ2v) is 10.9.